The molecule has 0 bridgehead atoms. The van der Waals surface area contributed by atoms with E-state index in [1.165, 1.54) is 30.2 Å². The first-order chi connectivity index (χ1) is 10.0. The van der Waals surface area contributed by atoms with Gasteiger partial charge in [0.25, 0.3) is 5.91 Å². The van der Waals surface area contributed by atoms with Gasteiger partial charge in [-0.15, -0.1) is 0 Å². The smallest absolute Gasteiger partial charge is 0.325 e. The number of hydrogen-bond acceptors (Lipinski definition) is 4. The quantitative estimate of drug-likeness (QED) is 0.771. The fraction of sp³-hybridized carbons (Fsp3) is 0.533. The number of amides is 1. The van der Waals surface area contributed by atoms with Gasteiger partial charge in [0.1, 0.15) is 12.2 Å². The topological polar surface area (TPSA) is 79.5 Å². The number of carbonyl (C=O) groups is 2. The Bertz CT molecular complexity index is 534. The van der Waals surface area contributed by atoms with Crippen molar-refractivity contribution in [2.75, 3.05) is 20.2 Å². The van der Waals surface area contributed by atoms with Crippen molar-refractivity contribution in [2.24, 2.45) is 5.92 Å². The summed E-state index contributed by atoms with van der Waals surface area (Å²) in [6.45, 7) is 4.42. The Balaban J connectivity index is 2.96. The fourth-order valence-corrected chi connectivity index (χ4v) is 2.04. The minimum Gasteiger partial charge on any atom is -0.468 e. The number of H-pyrrole nitrogens is 1. The summed E-state index contributed by atoms with van der Waals surface area (Å²) in [5, 5.41) is 0. The number of rotatable bonds is 7. The van der Waals surface area contributed by atoms with Crippen LogP contribution in [0.3, 0.4) is 0 Å². The minimum atomic E-state index is -0.479. The van der Waals surface area contributed by atoms with E-state index >= 15 is 0 Å². The molecular formula is C15H22N2O4. The summed E-state index contributed by atoms with van der Waals surface area (Å²) in [7, 11) is 1.28. The second-order valence-corrected chi connectivity index (χ2v) is 4.87. The Morgan fingerprint density at radius 3 is 2.48 bits per heavy atom. The molecule has 6 nitrogen and oxygen atoms in total. The van der Waals surface area contributed by atoms with E-state index in [4.69, 9.17) is 0 Å². The van der Waals surface area contributed by atoms with E-state index in [1.54, 1.807) is 0 Å². The Morgan fingerprint density at radius 2 is 1.95 bits per heavy atom. The van der Waals surface area contributed by atoms with Crippen LogP contribution in [0.1, 0.15) is 37.2 Å². The molecule has 0 atom stereocenters. The van der Waals surface area contributed by atoms with Crippen molar-refractivity contribution < 1.29 is 14.3 Å². The molecule has 0 fully saturated rings. The van der Waals surface area contributed by atoms with E-state index in [2.05, 4.69) is 9.72 Å². The van der Waals surface area contributed by atoms with Gasteiger partial charge in [0, 0.05) is 12.6 Å². The zero-order chi connectivity index (χ0) is 15.8. The largest absolute Gasteiger partial charge is 0.468 e. The van der Waals surface area contributed by atoms with Gasteiger partial charge < -0.3 is 14.6 Å². The number of carbonyl (C=O) groups excluding carboxylic acids is 2. The van der Waals surface area contributed by atoms with Gasteiger partial charge in [-0.2, -0.15) is 0 Å². The Labute approximate surface area is 124 Å². The predicted molar refractivity (Wildman–Crippen MR) is 79.1 cm³/mol. The summed E-state index contributed by atoms with van der Waals surface area (Å²) in [5.41, 5.74) is -0.168. The lowest BCUT2D eigenvalue weighted by molar-refractivity contribution is -0.141. The van der Waals surface area contributed by atoms with Crippen molar-refractivity contribution in [1.29, 1.82) is 0 Å². The number of methoxy groups -OCH3 is 1. The zero-order valence-corrected chi connectivity index (χ0v) is 12.7. The first kappa shape index (κ1) is 16.9. The van der Waals surface area contributed by atoms with Crippen LogP contribution in [0.25, 0.3) is 0 Å². The van der Waals surface area contributed by atoms with Crippen molar-refractivity contribution in [1.82, 2.24) is 9.88 Å². The summed E-state index contributed by atoms with van der Waals surface area (Å²) in [4.78, 5) is 39.2. The molecule has 0 radical (unpaired) electrons. The van der Waals surface area contributed by atoms with Crippen LogP contribution in [0.15, 0.2) is 23.0 Å². The molecule has 0 unspecified atom stereocenters. The second-order valence-electron chi connectivity index (χ2n) is 4.87. The summed E-state index contributed by atoms with van der Waals surface area (Å²) in [6.07, 6.45) is 1.82. The highest BCUT2D eigenvalue weighted by atomic mass is 16.5. The van der Waals surface area contributed by atoms with Crippen LogP contribution in [-0.4, -0.2) is 42.0 Å². The lowest BCUT2D eigenvalue weighted by Crippen LogP contribution is -2.40. The van der Waals surface area contributed by atoms with Crippen LogP contribution in [0.4, 0.5) is 0 Å². The van der Waals surface area contributed by atoms with Crippen LogP contribution < -0.4 is 5.56 Å². The number of aromatic nitrogens is 1. The molecule has 1 rings (SSSR count). The van der Waals surface area contributed by atoms with Gasteiger partial charge in [-0.3, -0.25) is 14.4 Å². The number of esters is 1. The van der Waals surface area contributed by atoms with E-state index in [0.717, 1.165) is 12.8 Å². The summed E-state index contributed by atoms with van der Waals surface area (Å²) in [6, 6.07) is 4.38. The highest BCUT2D eigenvalue weighted by Gasteiger charge is 2.22. The maximum Gasteiger partial charge on any atom is 0.325 e. The Hall–Kier alpha value is -2.11. The molecule has 0 spiro atoms. The molecule has 1 amide bonds. The molecule has 1 heterocycles. The highest BCUT2D eigenvalue weighted by molar-refractivity contribution is 5.94. The van der Waals surface area contributed by atoms with Gasteiger partial charge in [-0.25, -0.2) is 0 Å². The summed E-state index contributed by atoms with van der Waals surface area (Å²) < 4.78 is 4.63. The first-order valence-corrected chi connectivity index (χ1v) is 7.07. The van der Waals surface area contributed by atoms with Crippen molar-refractivity contribution >= 4 is 11.9 Å². The molecule has 0 aliphatic heterocycles. The molecule has 21 heavy (non-hydrogen) atoms. The van der Waals surface area contributed by atoms with Crippen LogP contribution in [0.2, 0.25) is 0 Å². The van der Waals surface area contributed by atoms with Gasteiger partial charge in [0.05, 0.1) is 7.11 Å². The number of nitrogens with zero attached hydrogens (tertiary/aromatic N) is 1. The molecule has 0 saturated heterocycles. The van der Waals surface area contributed by atoms with Gasteiger partial charge >= 0.3 is 5.97 Å². The zero-order valence-electron chi connectivity index (χ0n) is 12.7. The third kappa shape index (κ3) is 5.06. The van der Waals surface area contributed by atoms with Gasteiger partial charge in [0.2, 0.25) is 5.56 Å². The molecule has 0 aromatic carbocycles. The van der Waals surface area contributed by atoms with E-state index in [0.29, 0.717) is 12.5 Å². The monoisotopic (exact) mass is 294 g/mol. The maximum absolute atomic E-state index is 12.5. The van der Waals surface area contributed by atoms with E-state index in [1.807, 2.05) is 13.8 Å². The molecule has 116 valence electrons. The predicted octanol–water partition coefficient (Wildman–Crippen LogP) is 1.43. The van der Waals surface area contributed by atoms with Crippen molar-refractivity contribution in [3.05, 3.63) is 34.2 Å². The van der Waals surface area contributed by atoms with Crippen LogP contribution >= 0.6 is 0 Å². The normalized spacial score (nSPS) is 10.5. The minimum absolute atomic E-state index is 0.122. The van der Waals surface area contributed by atoms with Gasteiger partial charge in [0.15, 0.2) is 0 Å². The van der Waals surface area contributed by atoms with E-state index in [9.17, 15) is 14.4 Å². The average molecular weight is 294 g/mol. The fourth-order valence-electron chi connectivity index (χ4n) is 2.04. The summed E-state index contributed by atoms with van der Waals surface area (Å²) in [5.74, 6) is -0.549. The first-order valence-electron chi connectivity index (χ1n) is 7.07. The highest BCUT2D eigenvalue weighted by Crippen LogP contribution is 2.12. The van der Waals surface area contributed by atoms with Crippen molar-refractivity contribution in [3.8, 4) is 0 Å². The molecule has 1 aromatic rings. The number of nitrogens with one attached hydrogen (secondary N) is 1. The second kappa shape index (κ2) is 8.24. The molecule has 1 N–H and O–H groups in total. The molecule has 1 aromatic heterocycles. The Morgan fingerprint density at radius 1 is 1.29 bits per heavy atom. The van der Waals surface area contributed by atoms with Crippen LogP contribution in [-0.2, 0) is 9.53 Å². The van der Waals surface area contributed by atoms with Crippen molar-refractivity contribution in [2.45, 2.75) is 26.7 Å². The van der Waals surface area contributed by atoms with E-state index in [-0.39, 0.29) is 23.7 Å². The van der Waals surface area contributed by atoms with E-state index < -0.39 is 5.97 Å². The third-order valence-corrected chi connectivity index (χ3v) is 3.47. The number of pyridine rings is 1. The van der Waals surface area contributed by atoms with Crippen LogP contribution in [0, 0.1) is 5.92 Å². The van der Waals surface area contributed by atoms with Crippen LogP contribution in [0.5, 0.6) is 0 Å². The SMILES string of the molecule is CCC(CC)CN(CC(=O)OC)C(=O)c1cccc(=O)[nH]1. The Kier molecular flexibility index (Phi) is 6.65. The lowest BCUT2D eigenvalue weighted by atomic mass is 10.0. The molecule has 6 heteroatoms. The van der Waals surface area contributed by atoms with Crippen molar-refractivity contribution in [3.63, 3.8) is 0 Å². The molecule has 0 aliphatic carbocycles. The third-order valence-electron chi connectivity index (χ3n) is 3.47. The summed E-state index contributed by atoms with van der Waals surface area (Å²) >= 11 is 0. The molecule has 0 saturated carbocycles. The maximum atomic E-state index is 12.5. The number of hydrogen-bond donors (Lipinski definition) is 1. The lowest BCUT2D eigenvalue weighted by Gasteiger charge is -2.25. The molecule has 0 aliphatic rings. The number of ether oxygens (including phenoxy) is 1. The standard InChI is InChI=1S/C15H22N2O4/c1-4-11(5-2)9-17(10-14(19)21-3)15(20)12-7-6-8-13(18)16-12/h6-8,11H,4-5,9-10H2,1-3H3,(H,16,18). The van der Waals surface area contributed by atoms with Gasteiger partial charge in [-0.05, 0) is 12.0 Å². The van der Waals surface area contributed by atoms with Gasteiger partial charge in [-0.1, -0.05) is 32.8 Å². The average Bonchev–Trinajstić information content (AvgIpc) is 2.50. The number of aromatic amines is 1. The molecular weight excluding hydrogens is 272 g/mol.